The maximum atomic E-state index is 12.0. The summed E-state index contributed by atoms with van der Waals surface area (Å²) in [4.78, 5) is 12.0. The van der Waals surface area contributed by atoms with Crippen LogP contribution in [0.2, 0.25) is 10.0 Å². The van der Waals surface area contributed by atoms with Crippen molar-refractivity contribution in [2.75, 3.05) is 6.61 Å². The molecule has 1 amide bonds. The Kier molecular flexibility index (Phi) is 6.62. The molecular weight excluding hydrogens is 411 g/mol. The maximum Gasteiger partial charge on any atom is 0.277 e. The van der Waals surface area contributed by atoms with E-state index in [1.54, 1.807) is 24.3 Å². The molecule has 2 aromatic carbocycles. The molecule has 5 nitrogen and oxygen atoms in total. The van der Waals surface area contributed by atoms with Gasteiger partial charge in [-0.05, 0) is 67.8 Å². The van der Waals surface area contributed by atoms with Crippen LogP contribution < -0.4 is 10.2 Å². The molecule has 0 fully saturated rings. The van der Waals surface area contributed by atoms with Crippen molar-refractivity contribution in [3.63, 3.8) is 0 Å². The summed E-state index contributed by atoms with van der Waals surface area (Å²) < 4.78 is 11.3. The number of nitrogens with zero attached hydrogens (tertiary/aromatic N) is 1. The highest BCUT2D eigenvalue weighted by molar-refractivity contribution is 6.42. The van der Waals surface area contributed by atoms with E-state index in [-0.39, 0.29) is 12.5 Å². The van der Waals surface area contributed by atoms with Gasteiger partial charge in [0.15, 0.2) is 6.61 Å². The molecule has 0 bridgehead atoms. The normalized spacial score (nSPS) is 11.1. The Morgan fingerprint density at radius 1 is 1.07 bits per heavy atom. The van der Waals surface area contributed by atoms with Crippen molar-refractivity contribution < 1.29 is 13.9 Å². The lowest BCUT2D eigenvalue weighted by Gasteiger charge is -2.13. The molecule has 3 aromatic rings. The molecule has 1 N–H and O–H groups in total. The first-order valence-electron chi connectivity index (χ1n) is 8.92. The van der Waals surface area contributed by atoms with Gasteiger partial charge in [-0.1, -0.05) is 35.3 Å². The molecule has 29 heavy (non-hydrogen) atoms. The average Bonchev–Trinajstić information content (AvgIpc) is 3.16. The van der Waals surface area contributed by atoms with Crippen molar-refractivity contribution in [3.05, 3.63) is 75.0 Å². The number of furan rings is 1. The maximum absolute atomic E-state index is 12.0. The van der Waals surface area contributed by atoms with Crippen LogP contribution in [0.5, 0.6) is 5.75 Å². The van der Waals surface area contributed by atoms with E-state index < -0.39 is 0 Å². The lowest BCUT2D eigenvalue weighted by molar-refractivity contribution is -0.123. The number of hydrogen-bond donors (Lipinski definition) is 1. The molecule has 0 radical (unpaired) electrons. The number of carbonyl (C=O) groups is 1. The molecule has 0 aliphatic heterocycles. The molecule has 0 aliphatic rings. The monoisotopic (exact) mass is 430 g/mol. The van der Waals surface area contributed by atoms with Gasteiger partial charge in [-0.15, -0.1) is 0 Å². The molecule has 1 heterocycles. The Bertz CT molecular complexity index is 1070. The van der Waals surface area contributed by atoms with E-state index in [0.717, 1.165) is 28.0 Å². The minimum atomic E-state index is -0.363. The Morgan fingerprint density at radius 3 is 2.59 bits per heavy atom. The minimum Gasteiger partial charge on any atom is -0.483 e. The van der Waals surface area contributed by atoms with Crippen LogP contribution in [0.4, 0.5) is 0 Å². The predicted octanol–water partition coefficient (Wildman–Crippen LogP) is 5.71. The fourth-order valence-corrected chi connectivity index (χ4v) is 3.01. The summed E-state index contributed by atoms with van der Waals surface area (Å²) in [5.41, 5.74) is 6.33. The van der Waals surface area contributed by atoms with Gasteiger partial charge < -0.3 is 9.15 Å². The number of rotatable bonds is 6. The third kappa shape index (κ3) is 5.19. The quantitative estimate of drug-likeness (QED) is 0.402. The van der Waals surface area contributed by atoms with Gasteiger partial charge in [0, 0.05) is 5.56 Å². The summed E-state index contributed by atoms with van der Waals surface area (Å²) >= 11 is 12.0. The first-order chi connectivity index (χ1) is 13.8. The van der Waals surface area contributed by atoms with Crippen LogP contribution in [-0.2, 0) is 4.79 Å². The van der Waals surface area contributed by atoms with Crippen LogP contribution in [0.1, 0.15) is 22.5 Å². The number of ether oxygens (including phenoxy) is 1. The fraction of sp³-hybridized carbons (Fsp3) is 0.182. The van der Waals surface area contributed by atoms with Gasteiger partial charge in [0.2, 0.25) is 0 Å². The zero-order valence-corrected chi connectivity index (χ0v) is 17.8. The molecule has 0 atom stereocenters. The summed E-state index contributed by atoms with van der Waals surface area (Å²) in [7, 11) is 0. The molecule has 1 aromatic heterocycles. The van der Waals surface area contributed by atoms with Gasteiger partial charge in [0.25, 0.3) is 5.91 Å². The third-order valence-corrected chi connectivity index (χ3v) is 5.17. The minimum absolute atomic E-state index is 0.130. The zero-order valence-electron chi connectivity index (χ0n) is 16.3. The number of hydrazone groups is 1. The van der Waals surface area contributed by atoms with E-state index >= 15 is 0 Å². The number of halogens is 2. The van der Waals surface area contributed by atoms with Crippen molar-refractivity contribution in [1.82, 2.24) is 5.43 Å². The van der Waals surface area contributed by atoms with Crippen molar-refractivity contribution in [3.8, 4) is 17.1 Å². The van der Waals surface area contributed by atoms with Crippen LogP contribution in [0.25, 0.3) is 11.3 Å². The van der Waals surface area contributed by atoms with Crippen molar-refractivity contribution in [2.24, 2.45) is 5.10 Å². The van der Waals surface area contributed by atoms with Gasteiger partial charge in [0.1, 0.15) is 17.3 Å². The van der Waals surface area contributed by atoms with Crippen LogP contribution in [0.3, 0.4) is 0 Å². The van der Waals surface area contributed by atoms with E-state index in [0.29, 0.717) is 21.6 Å². The van der Waals surface area contributed by atoms with Crippen LogP contribution in [0.15, 0.2) is 52.0 Å². The van der Waals surface area contributed by atoms with Gasteiger partial charge in [-0.25, -0.2) is 5.43 Å². The van der Waals surface area contributed by atoms with Crippen molar-refractivity contribution in [2.45, 2.75) is 20.8 Å². The molecule has 3 rings (SSSR count). The Labute approximate surface area is 179 Å². The lowest BCUT2D eigenvalue weighted by Crippen LogP contribution is -2.25. The fourth-order valence-electron chi connectivity index (χ4n) is 2.71. The number of nitrogens with one attached hydrogen (secondary N) is 1. The summed E-state index contributed by atoms with van der Waals surface area (Å²) in [5, 5.41) is 4.83. The van der Waals surface area contributed by atoms with Gasteiger partial charge >= 0.3 is 0 Å². The Morgan fingerprint density at radius 2 is 1.83 bits per heavy atom. The second-order valence-electron chi connectivity index (χ2n) is 6.57. The molecule has 0 aliphatic carbocycles. The standard InChI is InChI=1S/C22H20Cl2N2O3/c1-13-4-5-14(2)22(15(13)3)28-12-21(27)26-25-11-17-7-9-20(29-17)16-6-8-18(23)19(24)10-16/h4-11H,12H2,1-3H3,(H,26,27)/b25-11-. The number of hydrogen-bond acceptors (Lipinski definition) is 4. The summed E-state index contributed by atoms with van der Waals surface area (Å²) in [6.07, 6.45) is 1.42. The third-order valence-electron chi connectivity index (χ3n) is 4.43. The molecule has 150 valence electrons. The number of aryl methyl sites for hydroxylation is 2. The molecule has 0 spiro atoms. The van der Waals surface area contributed by atoms with E-state index in [1.165, 1.54) is 6.21 Å². The second-order valence-corrected chi connectivity index (χ2v) is 7.38. The topological polar surface area (TPSA) is 63.8 Å². The number of benzene rings is 2. The summed E-state index contributed by atoms with van der Waals surface area (Å²) in [6, 6.07) is 12.7. The van der Waals surface area contributed by atoms with E-state index in [2.05, 4.69) is 10.5 Å². The van der Waals surface area contributed by atoms with E-state index in [1.807, 2.05) is 39.0 Å². The molecule has 0 saturated carbocycles. The zero-order chi connectivity index (χ0) is 21.0. The Hall–Kier alpha value is -2.76. The van der Waals surface area contributed by atoms with Crippen LogP contribution >= 0.6 is 23.2 Å². The SMILES string of the molecule is Cc1ccc(C)c(OCC(=O)N/N=C\c2ccc(-c3ccc(Cl)c(Cl)c3)o2)c1C. The first-order valence-corrected chi connectivity index (χ1v) is 9.67. The summed E-state index contributed by atoms with van der Waals surface area (Å²) in [6.45, 7) is 5.78. The van der Waals surface area contributed by atoms with Crippen molar-refractivity contribution >= 4 is 35.3 Å². The highest BCUT2D eigenvalue weighted by Gasteiger charge is 2.09. The van der Waals surface area contributed by atoms with Crippen LogP contribution in [0, 0.1) is 20.8 Å². The van der Waals surface area contributed by atoms with Gasteiger partial charge in [-0.3, -0.25) is 4.79 Å². The van der Waals surface area contributed by atoms with Crippen LogP contribution in [-0.4, -0.2) is 18.7 Å². The molecule has 0 saturated heterocycles. The number of carbonyl (C=O) groups excluding carboxylic acids is 1. The molecule has 7 heteroatoms. The highest BCUT2D eigenvalue weighted by Crippen LogP contribution is 2.29. The van der Waals surface area contributed by atoms with Gasteiger partial charge in [0.05, 0.1) is 16.3 Å². The first kappa shape index (κ1) is 21.0. The number of amides is 1. The smallest absolute Gasteiger partial charge is 0.277 e. The second kappa shape index (κ2) is 9.16. The Balaban J connectivity index is 1.56. The van der Waals surface area contributed by atoms with Crippen molar-refractivity contribution in [1.29, 1.82) is 0 Å². The predicted molar refractivity (Wildman–Crippen MR) is 116 cm³/mol. The molecule has 0 unspecified atom stereocenters. The lowest BCUT2D eigenvalue weighted by atomic mass is 10.1. The highest BCUT2D eigenvalue weighted by atomic mass is 35.5. The van der Waals surface area contributed by atoms with Gasteiger partial charge in [-0.2, -0.15) is 5.10 Å². The largest absolute Gasteiger partial charge is 0.483 e. The molecular formula is C22H20Cl2N2O3. The summed E-state index contributed by atoms with van der Waals surface area (Å²) in [5.74, 6) is 1.46. The van der Waals surface area contributed by atoms with E-state index in [9.17, 15) is 4.79 Å². The van der Waals surface area contributed by atoms with E-state index in [4.69, 9.17) is 32.4 Å². The average molecular weight is 431 g/mol.